The summed E-state index contributed by atoms with van der Waals surface area (Å²) in [6.45, 7) is 3.32. The van der Waals surface area contributed by atoms with Gasteiger partial charge in [-0.15, -0.1) is 11.3 Å². The lowest BCUT2D eigenvalue weighted by Crippen LogP contribution is -2.12. The molecule has 1 unspecified atom stereocenters. The fourth-order valence-corrected chi connectivity index (χ4v) is 2.59. The third-order valence-electron chi connectivity index (χ3n) is 2.99. The summed E-state index contributed by atoms with van der Waals surface area (Å²) in [5.41, 5.74) is 1.13. The van der Waals surface area contributed by atoms with E-state index in [-0.39, 0.29) is 11.9 Å². The molecule has 1 amide bonds. The van der Waals surface area contributed by atoms with Gasteiger partial charge in [0.1, 0.15) is 5.69 Å². The van der Waals surface area contributed by atoms with Crippen LogP contribution >= 0.6 is 11.3 Å². The van der Waals surface area contributed by atoms with E-state index in [4.69, 9.17) is 4.74 Å². The minimum absolute atomic E-state index is 0.202. The zero-order valence-electron chi connectivity index (χ0n) is 10.5. The molecular formula is C12H14N4O2S. The van der Waals surface area contributed by atoms with E-state index >= 15 is 0 Å². The van der Waals surface area contributed by atoms with Crippen LogP contribution in [-0.4, -0.2) is 33.9 Å². The fourth-order valence-electron chi connectivity index (χ4n) is 2.00. The summed E-state index contributed by atoms with van der Waals surface area (Å²) in [7, 11) is 0. The van der Waals surface area contributed by atoms with Crippen molar-refractivity contribution in [3.05, 3.63) is 28.5 Å². The molecule has 1 atom stereocenters. The monoisotopic (exact) mass is 278 g/mol. The molecule has 1 saturated heterocycles. The average molecular weight is 278 g/mol. The standard InChI is InChI=1S/C12H14N4O2S/c1-8-14-11(7-19-8)12(17)15-9-4-13-16(5-9)10-2-3-18-6-10/h4-5,7,10H,2-3,6H2,1H3,(H,15,17). The summed E-state index contributed by atoms with van der Waals surface area (Å²) < 4.78 is 7.16. The molecule has 1 aliphatic rings. The number of carbonyl (C=O) groups excluding carboxylic acids is 1. The van der Waals surface area contributed by atoms with Crippen LogP contribution in [0.25, 0.3) is 0 Å². The summed E-state index contributed by atoms with van der Waals surface area (Å²) in [5.74, 6) is -0.202. The Hall–Kier alpha value is -1.73. The summed E-state index contributed by atoms with van der Waals surface area (Å²) >= 11 is 1.46. The van der Waals surface area contributed by atoms with Crippen molar-refractivity contribution in [2.24, 2.45) is 0 Å². The Balaban J connectivity index is 1.68. The first-order valence-corrected chi connectivity index (χ1v) is 6.96. The zero-order valence-corrected chi connectivity index (χ0v) is 11.3. The SMILES string of the molecule is Cc1nc(C(=O)Nc2cnn(C3CCOC3)c2)cs1. The van der Waals surface area contributed by atoms with E-state index in [1.807, 2.05) is 17.8 Å². The van der Waals surface area contributed by atoms with E-state index in [2.05, 4.69) is 15.4 Å². The molecule has 19 heavy (non-hydrogen) atoms. The lowest BCUT2D eigenvalue weighted by molar-refractivity contribution is 0.102. The van der Waals surface area contributed by atoms with Crippen LogP contribution in [0.2, 0.25) is 0 Å². The molecule has 6 nitrogen and oxygen atoms in total. The molecule has 0 aliphatic carbocycles. The van der Waals surface area contributed by atoms with Gasteiger partial charge >= 0.3 is 0 Å². The Labute approximate surface area is 114 Å². The van der Waals surface area contributed by atoms with Crippen molar-refractivity contribution >= 4 is 22.9 Å². The van der Waals surface area contributed by atoms with Crippen LogP contribution in [0.3, 0.4) is 0 Å². The number of aryl methyl sites for hydroxylation is 1. The number of carbonyl (C=O) groups is 1. The first-order valence-electron chi connectivity index (χ1n) is 6.08. The van der Waals surface area contributed by atoms with Crippen molar-refractivity contribution in [1.82, 2.24) is 14.8 Å². The van der Waals surface area contributed by atoms with Crippen molar-refractivity contribution in [3.8, 4) is 0 Å². The van der Waals surface area contributed by atoms with Crippen LogP contribution in [0.1, 0.15) is 28.0 Å². The first kappa shape index (κ1) is 12.3. The fraction of sp³-hybridized carbons (Fsp3) is 0.417. The topological polar surface area (TPSA) is 69.0 Å². The molecule has 0 radical (unpaired) electrons. The number of amides is 1. The first-order chi connectivity index (χ1) is 9.22. The van der Waals surface area contributed by atoms with Crippen molar-refractivity contribution in [2.75, 3.05) is 18.5 Å². The summed E-state index contributed by atoms with van der Waals surface area (Å²) in [6.07, 6.45) is 4.44. The molecule has 0 saturated carbocycles. The molecule has 2 aromatic heterocycles. The third-order valence-corrected chi connectivity index (χ3v) is 3.76. The lowest BCUT2D eigenvalue weighted by Gasteiger charge is -2.06. The van der Waals surface area contributed by atoms with E-state index in [0.717, 1.165) is 18.0 Å². The van der Waals surface area contributed by atoms with Crippen molar-refractivity contribution in [3.63, 3.8) is 0 Å². The van der Waals surface area contributed by atoms with E-state index in [0.29, 0.717) is 18.0 Å². The van der Waals surface area contributed by atoms with Gasteiger partial charge in [-0.2, -0.15) is 5.10 Å². The van der Waals surface area contributed by atoms with E-state index < -0.39 is 0 Å². The van der Waals surface area contributed by atoms with Crippen LogP contribution in [0.15, 0.2) is 17.8 Å². The number of hydrogen-bond donors (Lipinski definition) is 1. The highest BCUT2D eigenvalue weighted by molar-refractivity contribution is 7.09. The van der Waals surface area contributed by atoms with Crippen molar-refractivity contribution < 1.29 is 9.53 Å². The third kappa shape index (κ3) is 2.66. The van der Waals surface area contributed by atoms with E-state index in [1.165, 1.54) is 11.3 Å². The zero-order chi connectivity index (χ0) is 13.2. The predicted molar refractivity (Wildman–Crippen MR) is 71.5 cm³/mol. The minimum Gasteiger partial charge on any atom is -0.379 e. The van der Waals surface area contributed by atoms with Gasteiger partial charge in [0, 0.05) is 18.2 Å². The number of nitrogens with zero attached hydrogens (tertiary/aromatic N) is 3. The van der Waals surface area contributed by atoms with E-state index in [1.54, 1.807) is 11.6 Å². The molecule has 0 aromatic carbocycles. The van der Waals surface area contributed by atoms with Gasteiger partial charge < -0.3 is 10.1 Å². The largest absolute Gasteiger partial charge is 0.379 e. The Morgan fingerprint density at radius 2 is 2.53 bits per heavy atom. The van der Waals surface area contributed by atoms with Gasteiger partial charge in [0.25, 0.3) is 5.91 Å². The van der Waals surface area contributed by atoms with Crippen LogP contribution in [0.5, 0.6) is 0 Å². The number of thiazole rings is 1. The van der Waals surface area contributed by atoms with E-state index in [9.17, 15) is 4.79 Å². The summed E-state index contributed by atoms with van der Waals surface area (Å²) in [4.78, 5) is 16.1. The Morgan fingerprint density at radius 3 is 3.21 bits per heavy atom. The van der Waals surface area contributed by atoms with Crippen LogP contribution in [0.4, 0.5) is 5.69 Å². The summed E-state index contributed by atoms with van der Waals surface area (Å²) in [6, 6.07) is 0.271. The predicted octanol–water partition coefficient (Wildman–Crippen LogP) is 1.86. The molecule has 1 N–H and O–H groups in total. The average Bonchev–Trinajstić information content (AvgIpc) is 3.07. The highest BCUT2D eigenvalue weighted by atomic mass is 32.1. The van der Waals surface area contributed by atoms with Crippen molar-refractivity contribution in [2.45, 2.75) is 19.4 Å². The number of nitrogens with one attached hydrogen (secondary N) is 1. The van der Waals surface area contributed by atoms with Gasteiger partial charge in [0.15, 0.2) is 0 Å². The number of anilines is 1. The second kappa shape index (κ2) is 5.10. The van der Waals surface area contributed by atoms with Crippen LogP contribution in [-0.2, 0) is 4.74 Å². The lowest BCUT2D eigenvalue weighted by atomic mass is 10.3. The van der Waals surface area contributed by atoms with Crippen LogP contribution in [0, 0.1) is 6.92 Å². The highest BCUT2D eigenvalue weighted by Crippen LogP contribution is 2.20. The summed E-state index contributed by atoms with van der Waals surface area (Å²) in [5, 5.41) is 9.68. The normalized spacial score (nSPS) is 18.7. The number of ether oxygens (including phenoxy) is 1. The Bertz CT molecular complexity index is 586. The second-order valence-corrected chi connectivity index (χ2v) is 5.49. The van der Waals surface area contributed by atoms with Crippen LogP contribution < -0.4 is 5.32 Å². The van der Waals surface area contributed by atoms with Gasteiger partial charge in [0.05, 0.1) is 29.5 Å². The van der Waals surface area contributed by atoms with Crippen molar-refractivity contribution in [1.29, 1.82) is 0 Å². The molecule has 3 rings (SSSR count). The molecule has 1 fully saturated rings. The molecule has 1 aliphatic heterocycles. The number of rotatable bonds is 3. The highest BCUT2D eigenvalue weighted by Gasteiger charge is 2.19. The van der Waals surface area contributed by atoms with Gasteiger partial charge in [-0.05, 0) is 13.3 Å². The quantitative estimate of drug-likeness (QED) is 0.930. The number of hydrogen-bond acceptors (Lipinski definition) is 5. The van der Waals surface area contributed by atoms with Gasteiger partial charge in [-0.1, -0.05) is 0 Å². The Morgan fingerprint density at radius 1 is 1.63 bits per heavy atom. The molecule has 0 spiro atoms. The second-order valence-electron chi connectivity index (χ2n) is 4.43. The maximum absolute atomic E-state index is 11.9. The molecule has 7 heteroatoms. The molecule has 3 heterocycles. The number of aromatic nitrogens is 3. The smallest absolute Gasteiger partial charge is 0.275 e. The molecule has 0 bridgehead atoms. The maximum atomic E-state index is 11.9. The maximum Gasteiger partial charge on any atom is 0.275 e. The van der Waals surface area contributed by atoms with Gasteiger partial charge in [-0.25, -0.2) is 4.98 Å². The molecular weight excluding hydrogens is 264 g/mol. The Kier molecular flexibility index (Phi) is 3.31. The molecule has 2 aromatic rings. The van der Waals surface area contributed by atoms with Gasteiger partial charge in [-0.3, -0.25) is 9.48 Å². The van der Waals surface area contributed by atoms with Gasteiger partial charge in [0.2, 0.25) is 0 Å². The minimum atomic E-state index is -0.202. The molecule has 100 valence electrons.